The van der Waals surface area contributed by atoms with Gasteiger partial charge in [0.1, 0.15) is 5.52 Å². The molecule has 2 aliphatic rings. The van der Waals surface area contributed by atoms with Crippen LogP contribution in [0.2, 0.25) is 0 Å². The van der Waals surface area contributed by atoms with Crippen molar-refractivity contribution in [3.05, 3.63) is 18.3 Å². The Balaban J connectivity index is 1.73. The molecule has 2 fully saturated rings. The van der Waals surface area contributed by atoms with E-state index in [-0.39, 0.29) is 0 Å². The van der Waals surface area contributed by atoms with E-state index in [1.165, 1.54) is 13.0 Å². The maximum atomic E-state index is 5.74. The molecule has 0 aromatic carbocycles. The van der Waals surface area contributed by atoms with E-state index in [1.54, 1.807) is 6.20 Å². The van der Waals surface area contributed by atoms with Crippen molar-refractivity contribution in [2.24, 2.45) is 0 Å². The first-order chi connectivity index (χ1) is 8.40. The fourth-order valence-electron chi connectivity index (χ4n) is 2.83. The Kier molecular flexibility index (Phi) is 1.90. The summed E-state index contributed by atoms with van der Waals surface area (Å²) < 4.78 is 5.74. The molecule has 4 heterocycles. The molecule has 2 atom stereocenters. The van der Waals surface area contributed by atoms with Crippen molar-refractivity contribution in [3.8, 4) is 0 Å². The Morgan fingerprint density at radius 1 is 1.29 bits per heavy atom. The number of rotatable bonds is 1. The lowest BCUT2D eigenvalue weighted by molar-refractivity contribution is 0.304. The Labute approximate surface area is 99.0 Å². The molecule has 0 amide bonds. The number of piperazine rings is 1. The lowest BCUT2D eigenvalue weighted by Gasteiger charge is -2.32. The molecule has 17 heavy (non-hydrogen) atoms. The van der Waals surface area contributed by atoms with Crippen LogP contribution in [0.25, 0.3) is 11.2 Å². The van der Waals surface area contributed by atoms with E-state index < -0.39 is 0 Å². The van der Waals surface area contributed by atoms with E-state index in [4.69, 9.17) is 4.42 Å². The fourth-order valence-corrected chi connectivity index (χ4v) is 2.83. The maximum Gasteiger partial charge on any atom is 0.300 e. The van der Waals surface area contributed by atoms with Gasteiger partial charge in [0, 0.05) is 38.4 Å². The zero-order valence-electron chi connectivity index (χ0n) is 9.54. The number of hydrogen-bond acceptors (Lipinski definition) is 5. The van der Waals surface area contributed by atoms with Crippen LogP contribution >= 0.6 is 0 Å². The van der Waals surface area contributed by atoms with E-state index in [1.807, 2.05) is 12.1 Å². The molecule has 5 nitrogen and oxygen atoms in total. The van der Waals surface area contributed by atoms with Crippen molar-refractivity contribution >= 4 is 17.2 Å². The lowest BCUT2D eigenvalue weighted by Crippen LogP contribution is -2.46. The second-order valence-electron chi connectivity index (χ2n) is 4.76. The van der Waals surface area contributed by atoms with Gasteiger partial charge in [0.15, 0.2) is 0 Å². The molecule has 88 valence electrons. The van der Waals surface area contributed by atoms with Crippen LogP contribution in [0.5, 0.6) is 0 Å². The largest absolute Gasteiger partial charge is 0.404 e. The number of nitrogens with zero attached hydrogens (tertiary/aromatic N) is 4. The van der Waals surface area contributed by atoms with E-state index in [9.17, 15) is 0 Å². The van der Waals surface area contributed by atoms with Crippen LogP contribution in [0.4, 0.5) is 6.01 Å². The quantitative estimate of drug-likeness (QED) is 0.734. The van der Waals surface area contributed by atoms with Crippen LogP contribution in [0.3, 0.4) is 0 Å². The van der Waals surface area contributed by atoms with Gasteiger partial charge < -0.3 is 9.32 Å². The molecular formula is C12H14N4O. The highest BCUT2D eigenvalue weighted by molar-refractivity contribution is 5.69. The highest BCUT2D eigenvalue weighted by Gasteiger charge is 2.34. The molecule has 1 unspecified atom stereocenters. The zero-order chi connectivity index (χ0) is 11.2. The van der Waals surface area contributed by atoms with Gasteiger partial charge in [-0.05, 0) is 18.6 Å². The Morgan fingerprint density at radius 2 is 2.29 bits per heavy atom. The number of aromatic nitrogens is 2. The first-order valence-corrected chi connectivity index (χ1v) is 6.11. The molecular weight excluding hydrogens is 216 g/mol. The fraction of sp³-hybridized carbons (Fsp3) is 0.500. The van der Waals surface area contributed by atoms with Gasteiger partial charge in [-0.2, -0.15) is 4.98 Å². The van der Waals surface area contributed by atoms with Crippen LogP contribution in [-0.4, -0.2) is 47.1 Å². The summed E-state index contributed by atoms with van der Waals surface area (Å²) in [4.78, 5) is 13.5. The van der Waals surface area contributed by atoms with Gasteiger partial charge in [0.2, 0.25) is 5.71 Å². The van der Waals surface area contributed by atoms with Crippen LogP contribution < -0.4 is 4.90 Å². The Bertz CT molecular complexity index is 519. The van der Waals surface area contributed by atoms with E-state index in [0.717, 1.165) is 31.2 Å². The maximum absolute atomic E-state index is 5.74. The SMILES string of the molecule is c1cnc2oc(N3CCN4CC[C@H]3C4)nc2c1. The average Bonchev–Trinajstić information content (AvgIpc) is 2.94. The van der Waals surface area contributed by atoms with Gasteiger partial charge >= 0.3 is 0 Å². The molecule has 4 rings (SSSR count). The van der Waals surface area contributed by atoms with E-state index >= 15 is 0 Å². The molecule has 2 aromatic heterocycles. The second kappa shape index (κ2) is 3.43. The van der Waals surface area contributed by atoms with Crippen molar-refractivity contribution in [1.82, 2.24) is 14.9 Å². The summed E-state index contributed by atoms with van der Waals surface area (Å²) in [6.45, 7) is 4.48. The average molecular weight is 230 g/mol. The van der Waals surface area contributed by atoms with Crippen molar-refractivity contribution in [1.29, 1.82) is 0 Å². The molecule has 2 aromatic rings. The van der Waals surface area contributed by atoms with Gasteiger partial charge in [-0.1, -0.05) is 0 Å². The predicted octanol–water partition coefficient (Wildman–Crippen LogP) is 1.12. The standard InChI is InChI=1S/C12H14N4O/c1-2-10-11(13-4-1)17-12(14-10)16-7-6-15-5-3-9(16)8-15/h1-2,4,9H,3,5-8H2/t9-/m0/s1. The molecule has 5 heteroatoms. The first kappa shape index (κ1) is 9.41. The van der Waals surface area contributed by atoms with Crippen molar-refractivity contribution in [3.63, 3.8) is 0 Å². The predicted molar refractivity (Wildman–Crippen MR) is 64.0 cm³/mol. The summed E-state index contributed by atoms with van der Waals surface area (Å²) in [5.74, 6) is 0. The van der Waals surface area contributed by atoms with Gasteiger partial charge in [-0.3, -0.25) is 4.90 Å². The van der Waals surface area contributed by atoms with Gasteiger partial charge in [0.25, 0.3) is 6.01 Å². The first-order valence-electron chi connectivity index (χ1n) is 6.11. The number of oxazole rings is 1. The number of pyridine rings is 1. The van der Waals surface area contributed by atoms with Gasteiger partial charge in [-0.25, -0.2) is 4.98 Å². The molecule has 0 N–H and O–H groups in total. The summed E-state index contributed by atoms with van der Waals surface area (Å²) in [6.07, 6.45) is 2.96. The lowest BCUT2D eigenvalue weighted by atomic mass is 10.2. The smallest absolute Gasteiger partial charge is 0.300 e. The number of anilines is 1. The molecule has 2 bridgehead atoms. The van der Waals surface area contributed by atoms with E-state index in [0.29, 0.717) is 11.8 Å². The summed E-state index contributed by atoms with van der Waals surface area (Å²) in [5.41, 5.74) is 1.49. The topological polar surface area (TPSA) is 45.4 Å². The summed E-state index contributed by atoms with van der Waals surface area (Å²) in [6, 6.07) is 5.14. The monoisotopic (exact) mass is 230 g/mol. The zero-order valence-corrected chi connectivity index (χ0v) is 9.54. The molecule has 0 aliphatic carbocycles. The minimum atomic E-state index is 0.566. The summed E-state index contributed by atoms with van der Waals surface area (Å²) >= 11 is 0. The number of hydrogen-bond donors (Lipinski definition) is 0. The third-order valence-corrected chi connectivity index (χ3v) is 3.75. The molecule has 2 saturated heterocycles. The van der Waals surface area contributed by atoms with Gasteiger partial charge in [-0.15, -0.1) is 0 Å². The molecule has 0 radical (unpaired) electrons. The third kappa shape index (κ3) is 1.42. The highest BCUT2D eigenvalue weighted by atomic mass is 16.4. The van der Waals surface area contributed by atoms with Crippen LogP contribution in [0.1, 0.15) is 6.42 Å². The van der Waals surface area contributed by atoms with Crippen LogP contribution in [0, 0.1) is 0 Å². The number of fused-ring (bicyclic) bond motifs is 3. The van der Waals surface area contributed by atoms with Crippen LogP contribution in [-0.2, 0) is 0 Å². The minimum absolute atomic E-state index is 0.566. The Morgan fingerprint density at radius 3 is 3.24 bits per heavy atom. The second-order valence-corrected chi connectivity index (χ2v) is 4.76. The molecule has 2 aliphatic heterocycles. The summed E-state index contributed by atoms with van der Waals surface area (Å²) in [7, 11) is 0. The Hall–Kier alpha value is -1.62. The molecule has 0 saturated carbocycles. The summed E-state index contributed by atoms with van der Waals surface area (Å²) in [5, 5.41) is 0. The minimum Gasteiger partial charge on any atom is -0.404 e. The van der Waals surface area contributed by atoms with Crippen molar-refractivity contribution in [2.45, 2.75) is 12.5 Å². The highest BCUT2D eigenvalue weighted by Crippen LogP contribution is 2.28. The molecule has 0 spiro atoms. The third-order valence-electron chi connectivity index (χ3n) is 3.75. The van der Waals surface area contributed by atoms with Crippen molar-refractivity contribution in [2.75, 3.05) is 31.1 Å². The van der Waals surface area contributed by atoms with Crippen molar-refractivity contribution < 1.29 is 4.42 Å². The van der Waals surface area contributed by atoms with Crippen LogP contribution in [0.15, 0.2) is 22.7 Å². The van der Waals surface area contributed by atoms with E-state index in [2.05, 4.69) is 19.8 Å². The van der Waals surface area contributed by atoms with Gasteiger partial charge in [0.05, 0.1) is 0 Å². The normalized spacial score (nSPS) is 27.9.